The highest BCUT2D eigenvalue weighted by Crippen LogP contribution is 2.37. The molecule has 0 spiro atoms. The molecule has 1 aromatic heterocycles. The predicted octanol–water partition coefficient (Wildman–Crippen LogP) is 6.31. The van der Waals surface area contributed by atoms with E-state index in [-0.39, 0.29) is 11.6 Å². The van der Waals surface area contributed by atoms with E-state index in [1.807, 2.05) is 12.1 Å². The molecule has 3 rings (SSSR count). The van der Waals surface area contributed by atoms with Gasteiger partial charge in [-0.3, -0.25) is 0 Å². The third-order valence-electron chi connectivity index (χ3n) is 5.12. The maximum atomic E-state index is 14.2. The fourth-order valence-corrected chi connectivity index (χ4v) is 3.67. The number of hydrogen-bond donors (Lipinski definition) is 0. The Bertz CT molecular complexity index is 743. The summed E-state index contributed by atoms with van der Waals surface area (Å²) in [5, 5.41) is 2.20. The second-order valence-corrected chi connectivity index (χ2v) is 6.66. The Morgan fingerprint density at radius 3 is 2.50 bits per heavy atom. The van der Waals surface area contributed by atoms with Crippen LogP contribution in [0.25, 0.3) is 11.1 Å². The first-order valence-corrected chi connectivity index (χ1v) is 8.95. The van der Waals surface area contributed by atoms with Crippen molar-refractivity contribution in [3.63, 3.8) is 0 Å². The summed E-state index contributed by atoms with van der Waals surface area (Å²) in [7, 11) is 0. The molecule has 0 atom stereocenters. The summed E-state index contributed by atoms with van der Waals surface area (Å²) in [5.74, 6) is 1.44. The number of rotatable bonds is 4. The van der Waals surface area contributed by atoms with Crippen molar-refractivity contribution in [1.29, 1.82) is 0 Å². The van der Waals surface area contributed by atoms with Gasteiger partial charge in [0.2, 0.25) is 0 Å². The van der Waals surface area contributed by atoms with Crippen LogP contribution in [0.15, 0.2) is 41.5 Å². The maximum Gasteiger partial charge on any atom is 0.165 e. The lowest BCUT2D eigenvalue weighted by Crippen LogP contribution is -2.12. The molecule has 0 radical (unpaired) electrons. The van der Waals surface area contributed by atoms with Gasteiger partial charge in [-0.25, -0.2) is 9.37 Å². The SMILES string of the molecule is CCC1CCC(c2ccc(-c3cnc(N=C=S)cc3F)cc2)CC1. The number of benzene rings is 1. The lowest BCUT2D eigenvalue weighted by Gasteiger charge is -2.28. The molecule has 1 heterocycles. The van der Waals surface area contributed by atoms with E-state index in [0.29, 0.717) is 11.5 Å². The molecule has 4 heteroatoms. The summed E-state index contributed by atoms with van der Waals surface area (Å²) in [6.45, 7) is 2.28. The smallest absolute Gasteiger partial charge is 0.165 e. The normalized spacial score (nSPS) is 20.4. The second kappa shape index (κ2) is 7.78. The van der Waals surface area contributed by atoms with E-state index in [1.165, 1.54) is 49.9 Å². The Labute approximate surface area is 147 Å². The molecule has 1 aliphatic rings. The van der Waals surface area contributed by atoms with Crippen LogP contribution in [0.4, 0.5) is 10.2 Å². The van der Waals surface area contributed by atoms with Gasteiger partial charge in [0, 0.05) is 17.8 Å². The minimum atomic E-state index is -0.342. The van der Waals surface area contributed by atoms with Gasteiger partial charge in [-0.05, 0) is 60.9 Å². The fraction of sp³-hybridized carbons (Fsp3) is 0.400. The van der Waals surface area contributed by atoms with Gasteiger partial charge in [-0.1, -0.05) is 37.6 Å². The number of nitrogens with zero attached hydrogens (tertiary/aromatic N) is 2. The summed E-state index contributed by atoms with van der Waals surface area (Å²) in [5.41, 5.74) is 2.69. The highest BCUT2D eigenvalue weighted by Gasteiger charge is 2.21. The fourth-order valence-electron chi connectivity index (χ4n) is 3.58. The number of aliphatic imine (C=N–C) groups is 1. The maximum absolute atomic E-state index is 14.2. The van der Waals surface area contributed by atoms with Crippen LogP contribution in [0, 0.1) is 11.7 Å². The molecular formula is C20H21FN2S. The van der Waals surface area contributed by atoms with Crippen LogP contribution in [0.5, 0.6) is 0 Å². The summed E-state index contributed by atoms with van der Waals surface area (Å²) in [6, 6.07) is 9.53. The third-order valence-corrected chi connectivity index (χ3v) is 5.21. The van der Waals surface area contributed by atoms with Crippen molar-refractivity contribution in [2.75, 3.05) is 0 Å². The summed E-state index contributed by atoms with van der Waals surface area (Å²) in [6.07, 6.45) is 7.96. The molecule has 0 unspecified atom stereocenters. The van der Waals surface area contributed by atoms with E-state index in [9.17, 15) is 4.39 Å². The average Bonchev–Trinajstić information content (AvgIpc) is 2.62. The standard InChI is InChI=1S/C20H21FN2S/c1-2-14-3-5-15(6-4-14)16-7-9-17(10-8-16)18-12-22-20(23-13-24)11-19(18)21/h7-12,14-15H,2-6H2,1H3. The van der Waals surface area contributed by atoms with E-state index >= 15 is 0 Å². The Morgan fingerprint density at radius 1 is 1.21 bits per heavy atom. The van der Waals surface area contributed by atoms with E-state index in [0.717, 1.165) is 11.5 Å². The number of halogens is 1. The highest BCUT2D eigenvalue weighted by molar-refractivity contribution is 7.78. The zero-order valence-electron chi connectivity index (χ0n) is 13.8. The zero-order chi connectivity index (χ0) is 16.9. The van der Waals surface area contributed by atoms with Crippen LogP contribution in [0.3, 0.4) is 0 Å². The molecule has 124 valence electrons. The highest BCUT2D eigenvalue weighted by atomic mass is 32.1. The van der Waals surface area contributed by atoms with Crippen molar-refractivity contribution < 1.29 is 4.39 Å². The molecule has 0 saturated heterocycles. The first-order valence-electron chi connectivity index (χ1n) is 8.55. The van der Waals surface area contributed by atoms with Crippen molar-refractivity contribution in [1.82, 2.24) is 4.98 Å². The number of hydrogen-bond acceptors (Lipinski definition) is 3. The Morgan fingerprint density at radius 2 is 1.92 bits per heavy atom. The van der Waals surface area contributed by atoms with Crippen molar-refractivity contribution in [2.24, 2.45) is 10.9 Å². The molecule has 24 heavy (non-hydrogen) atoms. The number of isothiocyanates is 1. The topological polar surface area (TPSA) is 25.2 Å². The molecule has 0 aliphatic heterocycles. The third kappa shape index (κ3) is 3.77. The molecule has 0 bridgehead atoms. The van der Waals surface area contributed by atoms with Gasteiger partial charge in [-0.15, -0.1) is 0 Å². The largest absolute Gasteiger partial charge is 0.236 e. The average molecular weight is 340 g/mol. The lowest BCUT2D eigenvalue weighted by atomic mass is 9.78. The molecule has 1 aromatic carbocycles. The second-order valence-electron chi connectivity index (χ2n) is 6.47. The van der Waals surface area contributed by atoms with E-state index in [4.69, 9.17) is 0 Å². The van der Waals surface area contributed by atoms with Crippen LogP contribution in [0.2, 0.25) is 0 Å². The Hall–Kier alpha value is -1.90. The van der Waals surface area contributed by atoms with Crippen molar-refractivity contribution in [3.05, 3.63) is 47.9 Å². The monoisotopic (exact) mass is 340 g/mol. The van der Waals surface area contributed by atoms with E-state index < -0.39 is 0 Å². The van der Waals surface area contributed by atoms with Crippen molar-refractivity contribution in [2.45, 2.75) is 44.9 Å². The lowest BCUT2D eigenvalue weighted by molar-refractivity contribution is 0.319. The minimum absolute atomic E-state index is 0.246. The Balaban J connectivity index is 1.76. The Kier molecular flexibility index (Phi) is 5.49. The molecule has 1 fully saturated rings. The van der Waals surface area contributed by atoms with Crippen LogP contribution in [-0.4, -0.2) is 10.1 Å². The quantitative estimate of drug-likeness (QED) is 0.481. The van der Waals surface area contributed by atoms with Gasteiger partial charge in [-0.2, -0.15) is 4.99 Å². The summed E-state index contributed by atoms with van der Waals surface area (Å²) in [4.78, 5) is 7.80. The van der Waals surface area contributed by atoms with Crippen LogP contribution < -0.4 is 0 Å². The van der Waals surface area contributed by atoms with Crippen molar-refractivity contribution >= 4 is 23.2 Å². The minimum Gasteiger partial charge on any atom is -0.236 e. The van der Waals surface area contributed by atoms with Crippen LogP contribution >= 0.6 is 12.2 Å². The molecular weight excluding hydrogens is 319 g/mol. The number of aromatic nitrogens is 1. The number of pyridine rings is 1. The van der Waals surface area contributed by atoms with E-state index in [2.05, 4.69) is 46.4 Å². The zero-order valence-corrected chi connectivity index (χ0v) is 14.7. The van der Waals surface area contributed by atoms with Gasteiger partial charge < -0.3 is 0 Å². The van der Waals surface area contributed by atoms with Gasteiger partial charge in [0.1, 0.15) is 5.82 Å². The number of thiocarbonyl (C=S) groups is 1. The van der Waals surface area contributed by atoms with E-state index in [1.54, 1.807) is 0 Å². The van der Waals surface area contributed by atoms with Crippen LogP contribution in [-0.2, 0) is 0 Å². The van der Waals surface area contributed by atoms with Gasteiger partial charge in [0.25, 0.3) is 0 Å². The molecule has 2 nitrogen and oxygen atoms in total. The molecule has 0 amide bonds. The van der Waals surface area contributed by atoms with Gasteiger partial charge in [0.05, 0.1) is 5.16 Å². The summed E-state index contributed by atoms with van der Waals surface area (Å²) >= 11 is 4.52. The van der Waals surface area contributed by atoms with Gasteiger partial charge >= 0.3 is 0 Å². The summed E-state index contributed by atoms with van der Waals surface area (Å²) < 4.78 is 14.2. The van der Waals surface area contributed by atoms with Crippen molar-refractivity contribution in [3.8, 4) is 11.1 Å². The first kappa shape index (κ1) is 16.9. The first-order chi connectivity index (χ1) is 11.7. The molecule has 1 aliphatic carbocycles. The predicted molar refractivity (Wildman–Crippen MR) is 99.3 cm³/mol. The molecule has 2 aromatic rings. The molecule has 1 saturated carbocycles. The van der Waals surface area contributed by atoms with Crippen LogP contribution in [0.1, 0.15) is 50.5 Å². The van der Waals surface area contributed by atoms with Gasteiger partial charge in [0.15, 0.2) is 5.82 Å². The molecule has 0 N–H and O–H groups in total.